The molecule has 0 aromatic heterocycles. The number of carbonyl (C=O) groups is 1. The Morgan fingerprint density at radius 2 is 1.88 bits per heavy atom. The summed E-state index contributed by atoms with van der Waals surface area (Å²) in [5, 5.41) is 0. The summed E-state index contributed by atoms with van der Waals surface area (Å²) in [6, 6.07) is 2.74. The van der Waals surface area contributed by atoms with Crippen LogP contribution in [0.1, 0.15) is 57.2 Å². The van der Waals surface area contributed by atoms with E-state index in [4.69, 9.17) is 10.5 Å². The van der Waals surface area contributed by atoms with Crippen LogP contribution in [-0.4, -0.2) is 17.7 Å². The van der Waals surface area contributed by atoms with Gasteiger partial charge in [0.1, 0.15) is 5.60 Å². The molecular formula is C18H23F3N2O2. The lowest BCUT2D eigenvalue weighted by Crippen LogP contribution is -2.49. The van der Waals surface area contributed by atoms with Gasteiger partial charge in [-0.1, -0.05) is 0 Å². The molecule has 0 radical (unpaired) electrons. The van der Waals surface area contributed by atoms with E-state index in [1.807, 2.05) is 0 Å². The van der Waals surface area contributed by atoms with E-state index >= 15 is 0 Å². The second-order valence-electron chi connectivity index (χ2n) is 7.87. The maximum atomic E-state index is 13.0. The van der Waals surface area contributed by atoms with Gasteiger partial charge in [-0.25, -0.2) is 4.79 Å². The van der Waals surface area contributed by atoms with Gasteiger partial charge in [-0.3, -0.25) is 4.90 Å². The van der Waals surface area contributed by atoms with E-state index in [1.165, 1.54) is 11.0 Å². The lowest BCUT2D eigenvalue weighted by Gasteiger charge is -2.40. The highest BCUT2D eigenvalue weighted by Crippen LogP contribution is 2.47. The molecule has 2 atom stereocenters. The Kier molecular flexibility index (Phi) is 4.26. The van der Waals surface area contributed by atoms with Gasteiger partial charge < -0.3 is 10.5 Å². The fourth-order valence-corrected chi connectivity index (χ4v) is 3.35. The van der Waals surface area contributed by atoms with Crippen LogP contribution in [0.25, 0.3) is 0 Å². The van der Waals surface area contributed by atoms with Crippen LogP contribution in [0, 0.1) is 5.92 Å². The summed E-state index contributed by atoms with van der Waals surface area (Å²) in [6.45, 7) is 5.29. The monoisotopic (exact) mass is 356 g/mol. The minimum Gasteiger partial charge on any atom is -0.443 e. The number of nitrogens with two attached hydrogens (primary N) is 1. The van der Waals surface area contributed by atoms with Gasteiger partial charge in [-0.15, -0.1) is 0 Å². The fourth-order valence-electron chi connectivity index (χ4n) is 3.35. The van der Waals surface area contributed by atoms with Crippen LogP contribution in [0.4, 0.5) is 23.7 Å². The van der Waals surface area contributed by atoms with E-state index in [0.29, 0.717) is 23.6 Å². The van der Waals surface area contributed by atoms with Crippen molar-refractivity contribution in [2.75, 3.05) is 4.90 Å². The van der Waals surface area contributed by atoms with Crippen molar-refractivity contribution in [3.05, 3.63) is 29.3 Å². The highest BCUT2D eigenvalue weighted by molar-refractivity contribution is 5.90. The highest BCUT2D eigenvalue weighted by atomic mass is 19.4. The molecule has 1 amide bonds. The van der Waals surface area contributed by atoms with Crippen LogP contribution in [0.2, 0.25) is 0 Å². The first-order chi connectivity index (χ1) is 11.5. The largest absolute Gasteiger partial charge is 0.443 e. The number of amides is 1. The minimum atomic E-state index is -4.45. The average molecular weight is 356 g/mol. The Labute approximate surface area is 145 Å². The van der Waals surface area contributed by atoms with Gasteiger partial charge in [0, 0.05) is 12.1 Å². The van der Waals surface area contributed by atoms with Crippen LogP contribution in [-0.2, 0) is 10.9 Å². The first kappa shape index (κ1) is 18.0. The zero-order valence-corrected chi connectivity index (χ0v) is 14.6. The summed E-state index contributed by atoms with van der Waals surface area (Å²) in [4.78, 5) is 14.3. The summed E-state index contributed by atoms with van der Waals surface area (Å²) in [5.41, 5.74) is 5.49. The van der Waals surface area contributed by atoms with E-state index in [1.54, 1.807) is 20.8 Å². The first-order valence-corrected chi connectivity index (χ1v) is 8.46. The third kappa shape index (κ3) is 3.76. The van der Waals surface area contributed by atoms with Gasteiger partial charge in [-0.05, 0) is 69.7 Å². The third-order valence-electron chi connectivity index (χ3n) is 4.60. The molecule has 0 saturated heterocycles. The van der Waals surface area contributed by atoms with Crippen molar-refractivity contribution < 1.29 is 22.7 Å². The zero-order chi connectivity index (χ0) is 18.6. The van der Waals surface area contributed by atoms with Crippen LogP contribution >= 0.6 is 0 Å². The quantitative estimate of drug-likeness (QED) is 0.798. The SMILES string of the molecule is CC(C)(C)OC(=O)N1c2ccc(C(F)(F)F)cc2C(N)CC1C1CC1. The topological polar surface area (TPSA) is 55.6 Å². The van der Waals surface area contributed by atoms with Gasteiger partial charge in [0.15, 0.2) is 0 Å². The van der Waals surface area contributed by atoms with Crippen molar-refractivity contribution in [2.24, 2.45) is 11.7 Å². The third-order valence-corrected chi connectivity index (χ3v) is 4.60. The molecule has 1 aromatic rings. The molecule has 3 rings (SSSR count). The fraction of sp³-hybridized carbons (Fsp3) is 0.611. The average Bonchev–Trinajstić information content (AvgIpc) is 3.28. The van der Waals surface area contributed by atoms with E-state index < -0.39 is 29.5 Å². The predicted octanol–water partition coefficient (Wildman–Crippen LogP) is 4.63. The Balaban J connectivity index is 2.02. The van der Waals surface area contributed by atoms with E-state index in [2.05, 4.69) is 0 Å². The van der Waals surface area contributed by atoms with Gasteiger partial charge in [-0.2, -0.15) is 13.2 Å². The molecule has 1 heterocycles. The molecule has 7 heteroatoms. The van der Waals surface area contributed by atoms with Crippen molar-refractivity contribution in [3.63, 3.8) is 0 Å². The predicted molar refractivity (Wildman–Crippen MR) is 88.2 cm³/mol. The normalized spacial score (nSPS) is 24.0. The molecule has 2 aliphatic rings. The lowest BCUT2D eigenvalue weighted by molar-refractivity contribution is -0.137. The molecule has 1 saturated carbocycles. The molecule has 1 aliphatic heterocycles. The number of hydrogen-bond donors (Lipinski definition) is 1. The molecule has 2 unspecified atom stereocenters. The molecule has 0 spiro atoms. The van der Waals surface area contributed by atoms with Crippen molar-refractivity contribution in [1.29, 1.82) is 0 Å². The molecular weight excluding hydrogens is 333 g/mol. The molecule has 2 N–H and O–H groups in total. The minimum absolute atomic E-state index is 0.130. The number of benzene rings is 1. The van der Waals surface area contributed by atoms with Gasteiger partial charge in [0.25, 0.3) is 0 Å². The first-order valence-electron chi connectivity index (χ1n) is 8.46. The molecule has 0 bridgehead atoms. The van der Waals surface area contributed by atoms with Crippen LogP contribution in [0.5, 0.6) is 0 Å². The number of ether oxygens (including phenoxy) is 1. The van der Waals surface area contributed by atoms with Crippen molar-refractivity contribution >= 4 is 11.8 Å². The Bertz CT molecular complexity index is 678. The van der Waals surface area contributed by atoms with Crippen molar-refractivity contribution in [3.8, 4) is 0 Å². The van der Waals surface area contributed by atoms with E-state index in [0.717, 1.165) is 25.0 Å². The second-order valence-corrected chi connectivity index (χ2v) is 7.87. The number of halogens is 3. The van der Waals surface area contributed by atoms with Crippen LogP contribution < -0.4 is 10.6 Å². The molecule has 1 aromatic carbocycles. The maximum absolute atomic E-state index is 13.0. The van der Waals surface area contributed by atoms with E-state index in [9.17, 15) is 18.0 Å². The van der Waals surface area contributed by atoms with Gasteiger partial charge >= 0.3 is 12.3 Å². The Hall–Kier alpha value is -1.76. The smallest absolute Gasteiger partial charge is 0.416 e. The molecule has 138 valence electrons. The lowest BCUT2D eigenvalue weighted by atomic mass is 9.88. The standard InChI is InChI=1S/C18H23F3N2O2/c1-17(2,3)25-16(24)23-14-7-6-11(18(19,20)21)8-12(14)13(22)9-15(23)10-4-5-10/h6-8,10,13,15H,4-5,9,22H2,1-3H3. The number of rotatable bonds is 1. The number of anilines is 1. The van der Waals surface area contributed by atoms with Crippen molar-refractivity contribution in [1.82, 2.24) is 0 Å². The summed E-state index contributed by atoms with van der Waals surface area (Å²) in [6.07, 6.45) is -2.55. The molecule has 1 fully saturated rings. The van der Waals surface area contributed by atoms with Gasteiger partial charge in [0.05, 0.1) is 11.3 Å². The zero-order valence-electron chi connectivity index (χ0n) is 14.6. The number of alkyl halides is 3. The number of fused-ring (bicyclic) bond motifs is 1. The molecule has 25 heavy (non-hydrogen) atoms. The van der Waals surface area contributed by atoms with Gasteiger partial charge in [0.2, 0.25) is 0 Å². The molecule has 4 nitrogen and oxygen atoms in total. The number of carbonyl (C=O) groups excluding carboxylic acids is 1. The number of hydrogen-bond acceptors (Lipinski definition) is 3. The Morgan fingerprint density at radius 1 is 1.24 bits per heavy atom. The summed E-state index contributed by atoms with van der Waals surface area (Å²) in [7, 11) is 0. The summed E-state index contributed by atoms with van der Waals surface area (Å²) in [5.74, 6) is 0.328. The van der Waals surface area contributed by atoms with Crippen LogP contribution in [0.3, 0.4) is 0 Å². The number of nitrogens with zero attached hydrogens (tertiary/aromatic N) is 1. The van der Waals surface area contributed by atoms with Crippen molar-refractivity contribution in [2.45, 2.75) is 63.9 Å². The highest BCUT2D eigenvalue weighted by Gasteiger charge is 2.45. The summed E-state index contributed by atoms with van der Waals surface area (Å²) >= 11 is 0. The second kappa shape index (κ2) is 5.90. The maximum Gasteiger partial charge on any atom is 0.416 e. The van der Waals surface area contributed by atoms with E-state index in [-0.39, 0.29) is 6.04 Å². The molecule has 1 aliphatic carbocycles. The van der Waals surface area contributed by atoms with Crippen LogP contribution in [0.15, 0.2) is 18.2 Å². The summed E-state index contributed by atoms with van der Waals surface area (Å²) < 4.78 is 44.6. The Morgan fingerprint density at radius 3 is 2.40 bits per heavy atom.